The van der Waals surface area contributed by atoms with Gasteiger partial charge in [-0.3, -0.25) is 0 Å². The van der Waals surface area contributed by atoms with Crippen LogP contribution in [0.15, 0.2) is 29.0 Å². The maximum Gasteiger partial charge on any atom is -0.00148 e. The van der Waals surface area contributed by atoms with E-state index in [0.717, 1.165) is 0 Å². The summed E-state index contributed by atoms with van der Waals surface area (Å²) in [5, 5.41) is 4.37. The van der Waals surface area contributed by atoms with E-state index < -0.39 is 0 Å². The maximum absolute atomic E-state index is 2.18. The summed E-state index contributed by atoms with van der Waals surface area (Å²) in [6, 6.07) is 6.42. The third-order valence-corrected chi connectivity index (χ3v) is 2.59. The Balaban J connectivity index is 2.80. The predicted molar refractivity (Wildman–Crippen MR) is 45.7 cm³/mol. The van der Waals surface area contributed by atoms with Gasteiger partial charge in [-0.15, -0.1) is 0 Å². The van der Waals surface area contributed by atoms with Crippen molar-refractivity contribution >= 4 is 11.3 Å². The fourth-order valence-electron chi connectivity index (χ4n) is 1.17. The minimum atomic E-state index is 1.37. The molecule has 0 aromatic rings. The van der Waals surface area contributed by atoms with Crippen LogP contribution in [-0.2, 0) is 0 Å². The van der Waals surface area contributed by atoms with E-state index in [-0.39, 0.29) is 0 Å². The lowest BCUT2D eigenvalue weighted by molar-refractivity contribution is 1.53. The highest BCUT2D eigenvalue weighted by molar-refractivity contribution is 7.08. The summed E-state index contributed by atoms with van der Waals surface area (Å²) in [5.41, 5.74) is 4.14. The molecule has 50 valence electrons. The second-order valence-electron chi connectivity index (χ2n) is 2.45. The molecule has 10 heavy (non-hydrogen) atoms. The molecule has 0 aromatic heterocycles. The van der Waals surface area contributed by atoms with Crippen molar-refractivity contribution in [3.8, 4) is 11.1 Å². The number of hydrogen-bond donors (Lipinski definition) is 0. The molecule has 0 N–H and O–H groups in total. The Labute approximate surface area is 64.5 Å². The van der Waals surface area contributed by atoms with Crippen molar-refractivity contribution in [3.63, 3.8) is 0 Å². The van der Waals surface area contributed by atoms with Crippen LogP contribution in [0.3, 0.4) is 0 Å². The van der Waals surface area contributed by atoms with Crippen molar-refractivity contribution in [3.05, 3.63) is 34.5 Å². The predicted octanol–water partition coefficient (Wildman–Crippen LogP) is 3.16. The number of rotatable bonds is 0. The molecule has 0 fully saturated rings. The zero-order valence-corrected chi connectivity index (χ0v) is 6.61. The molecule has 0 aromatic carbocycles. The van der Waals surface area contributed by atoms with Crippen LogP contribution in [-0.4, -0.2) is 0 Å². The largest absolute Gasteiger partial charge is 0.152 e. The monoisotopic (exact) mass is 148 g/mol. The molecule has 1 heterocycles. The van der Waals surface area contributed by atoms with Gasteiger partial charge >= 0.3 is 0 Å². The van der Waals surface area contributed by atoms with E-state index in [9.17, 15) is 0 Å². The molecule has 2 rings (SSSR count). The summed E-state index contributed by atoms with van der Waals surface area (Å²) in [6.07, 6.45) is 0. The molecule has 1 heteroatoms. The molecule has 0 unspecified atom stereocenters. The maximum atomic E-state index is 2.18. The molecule has 0 spiro atoms. The quantitative estimate of drug-likeness (QED) is 0.538. The van der Waals surface area contributed by atoms with Crippen LogP contribution in [0.25, 0.3) is 11.1 Å². The Morgan fingerprint density at radius 3 is 2.90 bits per heavy atom. The Bertz CT molecular complexity index is 309. The Hall–Kier alpha value is -0.820. The highest BCUT2D eigenvalue weighted by Crippen LogP contribution is 2.27. The smallest absolute Gasteiger partial charge is 0.00148 e. The average Bonchev–Trinajstić information content (AvgIpc) is 2.36. The lowest BCUT2D eigenvalue weighted by Gasteiger charge is -1.99. The fourth-order valence-corrected chi connectivity index (χ4v) is 1.92. The zero-order chi connectivity index (χ0) is 6.97. The lowest BCUT2D eigenvalue weighted by atomic mass is 10.1. The highest BCUT2D eigenvalue weighted by Gasteiger charge is 2.01. The first-order chi connectivity index (χ1) is 4.88. The van der Waals surface area contributed by atoms with Gasteiger partial charge in [0.15, 0.2) is 0 Å². The van der Waals surface area contributed by atoms with Gasteiger partial charge in [-0.25, -0.2) is 0 Å². The van der Waals surface area contributed by atoms with Crippen LogP contribution in [0.2, 0.25) is 0 Å². The first-order valence-corrected chi connectivity index (χ1v) is 4.24. The molecule has 1 aliphatic carbocycles. The van der Waals surface area contributed by atoms with Crippen molar-refractivity contribution in [1.29, 1.82) is 0 Å². The van der Waals surface area contributed by atoms with Gasteiger partial charge in [0.05, 0.1) is 0 Å². The zero-order valence-electron chi connectivity index (χ0n) is 5.79. The first-order valence-electron chi connectivity index (χ1n) is 3.29. The second-order valence-corrected chi connectivity index (χ2v) is 3.19. The standard InChI is InChI=1S/C9H8S/c1-7-5-10-6-8-3-2-4-9(7)8/h2-6H,1H3. The van der Waals surface area contributed by atoms with Crippen molar-refractivity contribution in [2.75, 3.05) is 0 Å². The van der Waals surface area contributed by atoms with Gasteiger partial charge in [0.2, 0.25) is 0 Å². The van der Waals surface area contributed by atoms with Crippen molar-refractivity contribution in [2.45, 2.75) is 6.92 Å². The van der Waals surface area contributed by atoms with Crippen LogP contribution in [0.4, 0.5) is 0 Å². The summed E-state index contributed by atoms with van der Waals surface area (Å²) in [7, 11) is 0. The van der Waals surface area contributed by atoms with Gasteiger partial charge in [0.25, 0.3) is 0 Å². The van der Waals surface area contributed by atoms with E-state index in [1.807, 2.05) is 0 Å². The van der Waals surface area contributed by atoms with E-state index in [0.29, 0.717) is 0 Å². The molecule has 2 aliphatic rings. The molecule has 0 bridgehead atoms. The molecule has 1 aliphatic heterocycles. The summed E-state index contributed by atoms with van der Waals surface area (Å²) in [4.78, 5) is 0. The topological polar surface area (TPSA) is 0 Å². The molecule has 0 radical (unpaired) electrons. The van der Waals surface area contributed by atoms with Crippen molar-refractivity contribution < 1.29 is 0 Å². The summed E-state index contributed by atoms with van der Waals surface area (Å²) < 4.78 is 0. The average molecular weight is 148 g/mol. The minimum absolute atomic E-state index is 1.37. The van der Waals surface area contributed by atoms with E-state index in [4.69, 9.17) is 0 Å². The van der Waals surface area contributed by atoms with E-state index >= 15 is 0 Å². The Morgan fingerprint density at radius 2 is 2.10 bits per heavy atom. The minimum Gasteiger partial charge on any atom is -0.152 e. The van der Waals surface area contributed by atoms with Crippen molar-refractivity contribution in [1.82, 2.24) is 0 Å². The van der Waals surface area contributed by atoms with Crippen LogP contribution in [0.1, 0.15) is 5.56 Å². The van der Waals surface area contributed by atoms with Crippen LogP contribution in [0.5, 0.6) is 0 Å². The third kappa shape index (κ3) is 0.745. The molecular weight excluding hydrogens is 140 g/mol. The molecule has 0 amide bonds. The molecule has 0 saturated heterocycles. The SMILES string of the molecule is Cc1cscc2cccc1-2. The normalized spacial score (nSPS) is 10.5. The summed E-state index contributed by atoms with van der Waals surface area (Å²) in [6.45, 7) is 2.15. The molecule has 0 nitrogen and oxygen atoms in total. The Morgan fingerprint density at radius 1 is 1.20 bits per heavy atom. The number of fused-ring (bicyclic) bond motifs is 1. The van der Waals surface area contributed by atoms with Gasteiger partial charge < -0.3 is 0 Å². The van der Waals surface area contributed by atoms with Crippen molar-refractivity contribution in [2.24, 2.45) is 0 Å². The Kier molecular flexibility index (Phi) is 1.24. The number of hydrogen-bond acceptors (Lipinski definition) is 1. The molecular formula is C9H8S. The van der Waals surface area contributed by atoms with Gasteiger partial charge in [0, 0.05) is 0 Å². The fraction of sp³-hybridized carbons (Fsp3) is 0.111. The van der Waals surface area contributed by atoms with Crippen LogP contribution < -0.4 is 0 Å². The van der Waals surface area contributed by atoms with Crippen LogP contribution in [0, 0.1) is 6.92 Å². The second kappa shape index (κ2) is 2.10. The van der Waals surface area contributed by atoms with Gasteiger partial charge in [-0.1, -0.05) is 18.2 Å². The van der Waals surface area contributed by atoms with E-state index in [1.165, 1.54) is 16.7 Å². The van der Waals surface area contributed by atoms with E-state index in [1.54, 1.807) is 11.3 Å². The number of aryl methyl sites for hydroxylation is 1. The van der Waals surface area contributed by atoms with Gasteiger partial charge in [-0.05, 0) is 34.4 Å². The highest BCUT2D eigenvalue weighted by atomic mass is 32.1. The summed E-state index contributed by atoms with van der Waals surface area (Å²) in [5.74, 6) is 0. The van der Waals surface area contributed by atoms with Crippen LogP contribution >= 0.6 is 11.3 Å². The van der Waals surface area contributed by atoms with Gasteiger partial charge in [0.1, 0.15) is 0 Å². The summed E-state index contributed by atoms with van der Waals surface area (Å²) >= 11 is 1.76. The molecule has 0 atom stereocenters. The lowest BCUT2D eigenvalue weighted by Crippen LogP contribution is -1.74. The van der Waals surface area contributed by atoms with E-state index in [2.05, 4.69) is 35.9 Å². The third-order valence-electron chi connectivity index (χ3n) is 1.71. The van der Waals surface area contributed by atoms with Gasteiger partial charge in [-0.2, -0.15) is 11.3 Å². The first kappa shape index (κ1) is 5.93. The molecule has 0 saturated carbocycles.